The molecule has 2 heterocycles. The Morgan fingerprint density at radius 1 is 1.07 bits per heavy atom. The van der Waals surface area contributed by atoms with Gasteiger partial charge in [-0.3, -0.25) is 4.72 Å². The van der Waals surface area contributed by atoms with Crippen LogP contribution in [0.2, 0.25) is 0 Å². The summed E-state index contributed by atoms with van der Waals surface area (Å²) in [7, 11) is -4.05. The molecule has 156 valence electrons. The van der Waals surface area contributed by atoms with E-state index in [-0.39, 0.29) is 33.7 Å². The van der Waals surface area contributed by atoms with Gasteiger partial charge >= 0.3 is 0 Å². The van der Waals surface area contributed by atoms with E-state index >= 15 is 0 Å². The molecule has 0 aliphatic rings. The normalized spacial score (nSPS) is 11.7. The van der Waals surface area contributed by atoms with Gasteiger partial charge < -0.3 is 9.84 Å². The smallest absolute Gasteiger partial charge is 0.267 e. The van der Waals surface area contributed by atoms with Gasteiger partial charge in [-0.15, -0.1) is 0 Å². The van der Waals surface area contributed by atoms with E-state index in [0.29, 0.717) is 0 Å². The maximum absolute atomic E-state index is 12.9. The summed E-state index contributed by atoms with van der Waals surface area (Å²) in [5.41, 5.74) is 0.860. The van der Waals surface area contributed by atoms with Crippen LogP contribution in [-0.4, -0.2) is 33.5 Å². The van der Waals surface area contributed by atoms with Crippen molar-refractivity contribution in [2.24, 2.45) is 0 Å². The van der Waals surface area contributed by atoms with Crippen molar-refractivity contribution in [3.8, 4) is 23.3 Å². The molecule has 10 heteroatoms. The number of anilines is 1. The van der Waals surface area contributed by atoms with Crippen molar-refractivity contribution in [1.29, 1.82) is 0 Å². The lowest BCUT2D eigenvalue weighted by Crippen LogP contribution is -2.16. The first-order valence-corrected chi connectivity index (χ1v) is 10.4. The summed E-state index contributed by atoms with van der Waals surface area (Å²) in [6.45, 7) is 9.50. The molecule has 0 atom stereocenters. The lowest BCUT2D eigenvalue weighted by atomic mass is 9.87. The van der Waals surface area contributed by atoms with Gasteiger partial charge in [0.2, 0.25) is 11.6 Å². The van der Waals surface area contributed by atoms with E-state index in [0.717, 1.165) is 11.8 Å². The Bertz CT molecular complexity index is 1160. The van der Waals surface area contributed by atoms with Crippen molar-refractivity contribution in [2.75, 3.05) is 4.72 Å². The quantitative estimate of drug-likeness (QED) is 0.574. The van der Waals surface area contributed by atoms with Crippen LogP contribution in [0, 0.1) is 0 Å². The zero-order valence-corrected chi connectivity index (χ0v) is 17.5. The number of hydrogen-bond donors (Lipinski definition) is 2. The average molecular weight is 427 g/mol. The SMILES string of the molecule is C=COc1nc(-c2ncccn2)nc(NS(=O)(=O)c2ccc(C(C)(C)C)cc2)c1O. The Kier molecular flexibility index (Phi) is 5.70. The van der Waals surface area contributed by atoms with Crippen LogP contribution in [-0.2, 0) is 15.4 Å². The van der Waals surface area contributed by atoms with Gasteiger partial charge in [0.25, 0.3) is 15.9 Å². The van der Waals surface area contributed by atoms with Crippen molar-refractivity contribution in [2.45, 2.75) is 31.1 Å². The van der Waals surface area contributed by atoms with E-state index in [1.165, 1.54) is 24.5 Å². The minimum atomic E-state index is -4.05. The van der Waals surface area contributed by atoms with E-state index in [9.17, 15) is 13.5 Å². The van der Waals surface area contributed by atoms with E-state index in [4.69, 9.17) is 4.74 Å². The molecule has 0 saturated heterocycles. The molecule has 3 aromatic rings. The summed E-state index contributed by atoms with van der Waals surface area (Å²) < 4.78 is 33.1. The van der Waals surface area contributed by atoms with Crippen LogP contribution in [0.5, 0.6) is 11.6 Å². The van der Waals surface area contributed by atoms with E-state index in [2.05, 4.69) is 31.2 Å². The predicted molar refractivity (Wildman–Crippen MR) is 111 cm³/mol. The van der Waals surface area contributed by atoms with Gasteiger partial charge in [-0.2, -0.15) is 4.98 Å². The van der Waals surface area contributed by atoms with E-state index in [1.807, 2.05) is 20.8 Å². The molecule has 2 N–H and O–H groups in total. The third-order valence-electron chi connectivity index (χ3n) is 4.07. The number of nitrogens with zero attached hydrogens (tertiary/aromatic N) is 4. The number of hydrogen-bond acceptors (Lipinski definition) is 8. The molecular weight excluding hydrogens is 406 g/mol. The second kappa shape index (κ2) is 8.07. The van der Waals surface area contributed by atoms with Gasteiger partial charge in [0.15, 0.2) is 11.6 Å². The summed E-state index contributed by atoms with van der Waals surface area (Å²) >= 11 is 0. The molecule has 0 aliphatic heterocycles. The van der Waals surface area contributed by atoms with Gasteiger partial charge in [0.05, 0.1) is 11.2 Å². The van der Waals surface area contributed by atoms with Crippen LogP contribution in [0.4, 0.5) is 5.82 Å². The molecular formula is C20H21N5O4S. The predicted octanol–water partition coefficient (Wildman–Crippen LogP) is 3.26. The lowest BCUT2D eigenvalue weighted by Gasteiger charge is -2.19. The molecule has 0 spiro atoms. The van der Waals surface area contributed by atoms with Gasteiger partial charge in [0, 0.05) is 12.4 Å². The maximum atomic E-state index is 12.9. The highest BCUT2D eigenvalue weighted by atomic mass is 32.2. The van der Waals surface area contributed by atoms with Crippen molar-refractivity contribution >= 4 is 15.8 Å². The van der Waals surface area contributed by atoms with Crippen molar-refractivity contribution < 1.29 is 18.3 Å². The number of benzene rings is 1. The lowest BCUT2D eigenvalue weighted by molar-refractivity contribution is 0.397. The van der Waals surface area contributed by atoms with Crippen molar-refractivity contribution in [3.05, 3.63) is 61.1 Å². The van der Waals surface area contributed by atoms with Gasteiger partial charge in [0.1, 0.15) is 0 Å². The molecule has 0 unspecified atom stereocenters. The standard InChI is InChI=1S/C20H21N5O4S/c1-5-29-19-15(26)16(23-18(24-19)17-21-11-6-12-22-17)25-30(27,28)14-9-7-13(8-10-14)20(2,3)4/h5-12,26H,1H2,2-4H3,(H,23,24,25). The molecule has 9 nitrogen and oxygen atoms in total. The summed E-state index contributed by atoms with van der Waals surface area (Å²) in [6.07, 6.45) is 4.00. The van der Waals surface area contributed by atoms with Gasteiger partial charge in [-0.1, -0.05) is 39.5 Å². The first-order valence-electron chi connectivity index (χ1n) is 8.91. The molecule has 1 aromatic carbocycles. The Morgan fingerprint density at radius 3 is 2.27 bits per heavy atom. The van der Waals surface area contributed by atoms with Crippen molar-refractivity contribution in [3.63, 3.8) is 0 Å². The fourth-order valence-corrected chi connectivity index (χ4v) is 3.51. The Morgan fingerprint density at radius 2 is 1.70 bits per heavy atom. The highest BCUT2D eigenvalue weighted by Crippen LogP contribution is 2.34. The number of aromatic hydroxyl groups is 1. The van der Waals surface area contributed by atoms with Crippen molar-refractivity contribution in [1.82, 2.24) is 19.9 Å². The van der Waals surface area contributed by atoms with Crippen LogP contribution in [0.15, 0.2) is 60.5 Å². The number of sulfonamides is 1. The van der Waals surface area contributed by atoms with Crippen LogP contribution in [0.3, 0.4) is 0 Å². The summed E-state index contributed by atoms with van der Waals surface area (Å²) in [5.74, 6) is -1.16. The van der Waals surface area contributed by atoms with Crippen LogP contribution in [0.25, 0.3) is 11.6 Å². The van der Waals surface area contributed by atoms with Crippen LogP contribution in [0.1, 0.15) is 26.3 Å². The second-order valence-electron chi connectivity index (χ2n) is 7.29. The first kappa shape index (κ1) is 21.2. The Balaban J connectivity index is 2.02. The average Bonchev–Trinajstić information content (AvgIpc) is 2.71. The largest absolute Gasteiger partial charge is 0.501 e. The molecule has 0 radical (unpaired) electrons. The molecule has 3 rings (SSSR count). The summed E-state index contributed by atoms with van der Waals surface area (Å²) in [6, 6.07) is 8.07. The number of ether oxygens (including phenoxy) is 1. The highest BCUT2D eigenvalue weighted by molar-refractivity contribution is 7.92. The fraction of sp³-hybridized carbons (Fsp3) is 0.200. The third-order valence-corrected chi connectivity index (χ3v) is 5.43. The monoisotopic (exact) mass is 427 g/mol. The molecule has 2 aromatic heterocycles. The molecule has 0 bridgehead atoms. The Labute approximate surface area is 174 Å². The molecule has 0 aliphatic carbocycles. The fourth-order valence-electron chi connectivity index (χ4n) is 2.50. The minimum absolute atomic E-state index is 0.0113. The minimum Gasteiger partial charge on any atom is -0.501 e. The molecule has 0 amide bonds. The van der Waals surface area contributed by atoms with Gasteiger partial charge in [-0.25, -0.2) is 23.4 Å². The van der Waals surface area contributed by atoms with E-state index < -0.39 is 15.8 Å². The first-order chi connectivity index (χ1) is 14.1. The van der Waals surface area contributed by atoms with Crippen LogP contribution < -0.4 is 9.46 Å². The highest BCUT2D eigenvalue weighted by Gasteiger charge is 2.23. The number of nitrogens with one attached hydrogen (secondary N) is 1. The van der Waals surface area contributed by atoms with Gasteiger partial charge in [-0.05, 0) is 29.2 Å². The molecule has 30 heavy (non-hydrogen) atoms. The second-order valence-corrected chi connectivity index (χ2v) is 8.97. The molecule has 0 saturated carbocycles. The number of aromatic nitrogens is 4. The van der Waals surface area contributed by atoms with E-state index in [1.54, 1.807) is 18.2 Å². The molecule has 0 fully saturated rings. The summed E-state index contributed by atoms with van der Waals surface area (Å²) in [4.78, 5) is 16.2. The maximum Gasteiger partial charge on any atom is 0.267 e. The number of rotatable bonds is 6. The third kappa shape index (κ3) is 4.54. The zero-order chi connectivity index (χ0) is 21.9. The summed E-state index contributed by atoms with van der Waals surface area (Å²) in [5, 5.41) is 10.4. The van der Waals surface area contributed by atoms with Crippen LogP contribution >= 0.6 is 0 Å². The Hall–Kier alpha value is -3.53. The zero-order valence-electron chi connectivity index (χ0n) is 16.7. The topological polar surface area (TPSA) is 127 Å².